The van der Waals surface area contributed by atoms with Gasteiger partial charge in [-0.15, -0.1) is 0 Å². The van der Waals surface area contributed by atoms with E-state index in [0.717, 1.165) is 31.0 Å². The molecule has 0 spiro atoms. The third-order valence-corrected chi connectivity index (χ3v) is 4.25. The summed E-state index contributed by atoms with van der Waals surface area (Å²) in [7, 11) is 0. The van der Waals surface area contributed by atoms with Crippen LogP contribution in [0.1, 0.15) is 29.5 Å². The Morgan fingerprint density at radius 2 is 1.76 bits per heavy atom. The molecule has 0 bridgehead atoms. The molecule has 4 heteroatoms. The van der Waals surface area contributed by atoms with Gasteiger partial charge >= 0.3 is 0 Å². The van der Waals surface area contributed by atoms with Crippen LogP contribution < -0.4 is 10.6 Å². The fourth-order valence-electron chi connectivity index (χ4n) is 2.74. The van der Waals surface area contributed by atoms with Crippen molar-refractivity contribution in [1.29, 1.82) is 0 Å². The molecule has 1 unspecified atom stereocenters. The van der Waals surface area contributed by atoms with Crippen molar-refractivity contribution in [3.63, 3.8) is 0 Å². The van der Waals surface area contributed by atoms with E-state index in [1.54, 1.807) is 0 Å². The summed E-state index contributed by atoms with van der Waals surface area (Å²) in [5.74, 6) is 0.818. The highest BCUT2D eigenvalue weighted by molar-refractivity contribution is 5.79. The van der Waals surface area contributed by atoms with Gasteiger partial charge in [-0.3, -0.25) is 4.99 Å². The fourth-order valence-corrected chi connectivity index (χ4v) is 2.74. The highest BCUT2D eigenvalue weighted by Gasteiger charge is 2.10. The van der Waals surface area contributed by atoms with Crippen molar-refractivity contribution in [1.82, 2.24) is 10.6 Å². The lowest BCUT2D eigenvalue weighted by molar-refractivity contribution is 0.268. The van der Waals surface area contributed by atoms with Gasteiger partial charge in [0.25, 0.3) is 0 Å². The van der Waals surface area contributed by atoms with E-state index in [9.17, 15) is 5.11 Å². The Kier molecular flexibility index (Phi) is 7.99. The maximum atomic E-state index is 9.67. The molecule has 0 saturated carbocycles. The number of aryl methyl sites for hydroxylation is 1. The van der Waals surface area contributed by atoms with Gasteiger partial charge in [0.2, 0.25) is 0 Å². The molecule has 1 atom stereocenters. The number of nitrogens with zero attached hydrogens (tertiary/aromatic N) is 1. The third kappa shape index (κ3) is 6.24. The quantitative estimate of drug-likeness (QED) is 0.512. The van der Waals surface area contributed by atoms with Gasteiger partial charge in [-0.25, -0.2) is 0 Å². The molecule has 4 nitrogen and oxygen atoms in total. The SMILES string of the molecule is CCNC(=NCC(CO)c1ccccc1)NCCc1ccccc1C. The summed E-state index contributed by atoms with van der Waals surface area (Å²) in [6, 6.07) is 18.5. The van der Waals surface area contributed by atoms with E-state index in [2.05, 4.69) is 53.7 Å². The zero-order valence-electron chi connectivity index (χ0n) is 15.2. The molecule has 25 heavy (non-hydrogen) atoms. The molecule has 0 aromatic heterocycles. The number of nitrogens with one attached hydrogen (secondary N) is 2. The molecule has 2 aromatic rings. The average Bonchev–Trinajstić information content (AvgIpc) is 2.64. The second-order valence-corrected chi connectivity index (χ2v) is 6.11. The first-order chi connectivity index (χ1) is 12.2. The lowest BCUT2D eigenvalue weighted by Gasteiger charge is -2.15. The maximum absolute atomic E-state index is 9.67. The van der Waals surface area contributed by atoms with E-state index in [1.165, 1.54) is 11.1 Å². The van der Waals surface area contributed by atoms with Crippen LogP contribution in [0.2, 0.25) is 0 Å². The molecule has 2 rings (SSSR count). The van der Waals surface area contributed by atoms with Crippen molar-refractivity contribution in [3.05, 3.63) is 71.3 Å². The van der Waals surface area contributed by atoms with Crippen molar-refractivity contribution >= 4 is 5.96 Å². The molecule has 0 radical (unpaired) electrons. The minimum Gasteiger partial charge on any atom is -0.396 e. The Bertz CT molecular complexity index is 655. The van der Waals surface area contributed by atoms with Crippen molar-refractivity contribution in [2.24, 2.45) is 4.99 Å². The highest BCUT2D eigenvalue weighted by Crippen LogP contribution is 2.14. The number of aliphatic hydroxyl groups excluding tert-OH is 1. The number of hydrogen-bond donors (Lipinski definition) is 3. The van der Waals surface area contributed by atoms with Gasteiger partial charge in [0.05, 0.1) is 13.2 Å². The first-order valence-corrected chi connectivity index (χ1v) is 8.97. The van der Waals surface area contributed by atoms with Crippen LogP contribution in [0.5, 0.6) is 0 Å². The lowest BCUT2D eigenvalue weighted by Crippen LogP contribution is -2.38. The van der Waals surface area contributed by atoms with E-state index < -0.39 is 0 Å². The average molecular weight is 339 g/mol. The van der Waals surface area contributed by atoms with E-state index in [1.807, 2.05) is 30.3 Å². The summed E-state index contributed by atoms with van der Waals surface area (Å²) in [5.41, 5.74) is 3.78. The zero-order chi connectivity index (χ0) is 17.9. The topological polar surface area (TPSA) is 56.7 Å². The normalized spacial score (nSPS) is 12.7. The van der Waals surface area contributed by atoms with Crippen molar-refractivity contribution < 1.29 is 5.11 Å². The van der Waals surface area contributed by atoms with Gasteiger partial charge in [-0.2, -0.15) is 0 Å². The summed E-state index contributed by atoms with van der Waals surface area (Å²) in [5, 5.41) is 16.3. The number of benzene rings is 2. The van der Waals surface area contributed by atoms with Crippen LogP contribution in [-0.4, -0.2) is 37.3 Å². The van der Waals surface area contributed by atoms with E-state index in [0.29, 0.717) is 6.54 Å². The summed E-state index contributed by atoms with van der Waals surface area (Å²) in [6.07, 6.45) is 0.958. The Hall–Kier alpha value is -2.33. The first-order valence-electron chi connectivity index (χ1n) is 8.97. The van der Waals surface area contributed by atoms with Crippen LogP contribution in [-0.2, 0) is 6.42 Å². The van der Waals surface area contributed by atoms with Gasteiger partial charge in [-0.05, 0) is 37.0 Å². The Balaban J connectivity index is 1.92. The lowest BCUT2D eigenvalue weighted by atomic mass is 10.0. The predicted octanol–water partition coefficient (Wildman–Crippen LogP) is 2.87. The van der Waals surface area contributed by atoms with Crippen LogP contribution in [0.3, 0.4) is 0 Å². The molecule has 0 amide bonds. The van der Waals surface area contributed by atoms with E-state index in [-0.39, 0.29) is 12.5 Å². The standard InChI is InChI=1S/C21H29N3O/c1-3-22-21(23-14-13-18-10-8-7-9-17(18)2)24-15-20(16-25)19-11-5-4-6-12-19/h4-12,20,25H,3,13-16H2,1-2H3,(H2,22,23,24). The van der Waals surface area contributed by atoms with Gasteiger partial charge in [0.1, 0.15) is 0 Å². The molecular weight excluding hydrogens is 310 g/mol. The first kappa shape index (κ1) is 19.0. The largest absolute Gasteiger partial charge is 0.396 e. The molecule has 3 N–H and O–H groups in total. The molecule has 0 aliphatic carbocycles. The van der Waals surface area contributed by atoms with Gasteiger partial charge in [0.15, 0.2) is 5.96 Å². The molecule has 0 heterocycles. The molecule has 134 valence electrons. The summed E-state index contributed by atoms with van der Waals surface area (Å²) >= 11 is 0. The Morgan fingerprint density at radius 3 is 2.44 bits per heavy atom. The molecule has 0 aliphatic rings. The molecule has 0 saturated heterocycles. The number of rotatable bonds is 8. The zero-order valence-corrected chi connectivity index (χ0v) is 15.2. The second-order valence-electron chi connectivity index (χ2n) is 6.11. The van der Waals surface area contributed by atoms with Crippen LogP contribution in [0, 0.1) is 6.92 Å². The van der Waals surface area contributed by atoms with Crippen LogP contribution >= 0.6 is 0 Å². The summed E-state index contributed by atoms with van der Waals surface area (Å²) < 4.78 is 0. The second kappa shape index (κ2) is 10.5. The molecule has 2 aromatic carbocycles. The third-order valence-electron chi connectivity index (χ3n) is 4.25. The highest BCUT2D eigenvalue weighted by atomic mass is 16.3. The fraction of sp³-hybridized carbons (Fsp3) is 0.381. The summed E-state index contributed by atoms with van der Waals surface area (Å²) in [4.78, 5) is 4.65. The summed E-state index contributed by atoms with van der Waals surface area (Å²) in [6.45, 7) is 6.48. The van der Waals surface area contributed by atoms with Crippen molar-refractivity contribution in [2.75, 3.05) is 26.2 Å². The Morgan fingerprint density at radius 1 is 1.04 bits per heavy atom. The van der Waals surface area contributed by atoms with E-state index in [4.69, 9.17) is 0 Å². The van der Waals surface area contributed by atoms with Crippen LogP contribution in [0.15, 0.2) is 59.6 Å². The van der Waals surface area contributed by atoms with Gasteiger partial charge in [0, 0.05) is 19.0 Å². The minimum absolute atomic E-state index is 0.0213. The Labute approximate surface area is 151 Å². The van der Waals surface area contributed by atoms with E-state index >= 15 is 0 Å². The number of aliphatic imine (C=N–C) groups is 1. The van der Waals surface area contributed by atoms with Crippen LogP contribution in [0.25, 0.3) is 0 Å². The van der Waals surface area contributed by atoms with Crippen LogP contribution in [0.4, 0.5) is 0 Å². The number of aliphatic hydroxyl groups is 1. The number of hydrogen-bond acceptors (Lipinski definition) is 2. The molecule has 0 fully saturated rings. The van der Waals surface area contributed by atoms with Gasteiger partial charge in [-0.1, -0.05) is 54.6 Å². The molecule has 0 aliphatic heterocycles. The minimum atomic E-state index is 0.0213. The monoisotopic (exact) mass is 339 g/mol. The maximum Gasteiger partial charge on any atom is 0.191 e. The molecular formula is C21H29N3O. The van der Waals surface area contributed by atoms with Crippen molar-refractivity contribution in [3.8, 4) is 0 Å². The van der Waals surface area contributed by atoms with Crippen molar-refractivity contribution in [2.45, 2.75) is 26.2 Å². The predicted molar refractivity (Wildman–Crippen MR) is 105 cm³/mol. The smallest absolute Gasteiger partial charge is 0.191 e. The van der Waals surface area contributed by atoms with Gasteiger partial charge < -0.3 is 15.7 Å². The number of guanidine groups is 1.